The van der Waals surface area contributed by atoms with Crippen molar-refractivity contribution in [1.82, 2.24) is 10.2 Å². The van der Waals surface area contributed by atoms with Crippen LogP contribution in [0, 0.1) is 0 Å². The van der Waals surface area contributed by atoms with Gasteiger partial charge in [-0.25, -0.2) is 0 Å². The normalized spacial score (nSPS) is 23.2. The number of hydrogen-bond acceptors (Lipinski definition) is 3. The first-order valence-corrected chi connectivity index (χ1v) is 7.62. The molecule has 0 bridgehead atoms. The monoisotopic (exact) mass is 258 g/mol. The van der Waals surface area contributed by atoms with Gasteiger partial charge in [-0.2, -0.15) is 11.8 Å². The van der Waals surface area contributed by atoms with Crippen LogP contribution in [0.4, 0.5) is 0 Å². The van der Waals surface area contributed by atoms with Gasteiger partial charge in [-0.1, -0.05) is 13.8 Å². The number of carbonyl (C=O) groups is 2. The minimum atomic E-state index is -0.332. The van der Waals surface area contributed by atoms with E-state index in [-0.39, 0.29) is 23.9 Å². The molecule has 0 aromatic carbocycles. The van der Waals surface area contributed by atoms with E-state index >= 15 is 0 Å². The third-order valence-corrected chi connectivity index (χ3v) is 3.89. The van der Waals surface area contributed by atoms with Crippen LogP contribution in [-0.4, -0.2) is 47.4 Å². The fourth-order valence-corrected chi connectivity index (χ4v) is 2.92. The molecule has 17 heavy (non-hydrogen) atoms. The number of rotatable bonds is 5. The lowest BCUT2D eigenvalue weighted by atomic mass is 10.1. The standard InChI is InChI=1S/C12H22N2O2S/c1-4-9(8-17-3)14-7-6-11(15)13-10(5-2)12(14)16/h9-10H,4-8H2,1-3H3,(H,13,15). The molecule has 0 aromatic heterocycles. The molecule has 0 aliphatic carbocycles. The SMILES string of the molecule is CCC1NC(=O)CCN(C(CC)CSC)C1=O. The van der Waals surface area contributed by atoms with Crippen LogP contribution in [0.3, 0.4) is 0 Å². The Morgan fingerprint density at radius 1 is 1.47 bits per heavy atom. The Kier molecular flexibility index (Phi) is 5.82. The minimum Gasteiger partial charge on any atom is -0.344 e. The van der Waals surface area contributed by atoms with Crippen LogP contribution >= 0.6 is 11.8 Å². The van der Waals surface area contributed by atoms with Crippen LogP contribution in [0.15, 0.2) is 0 Å². The third-order valence-electron chi connectivity index (χ3n) is 3.18. The van der Waals surface area contributed by atoms with Crippen molar-refractivity contribution in [1.29, 1.82) is 0 Å². The lowest BCUT2D eigenvalue weighted by molar-refractivity contribution is -0.135. The van der Waals surface area contributed by atoms with E-state index < -0.39 is 0 Å². The van der Waals surface area contributed by atoms with Crippen LogP contribution in [0.5, 0.6) is 0 Å². The quantitative estimate of drug-likeness (QED) is 0.807. The highest BCUT2D eigenvalue weighted by Crippen LogP contribution is 2.15. The highest BCUT2D eigenvalue weighted by molar-refractivity contribution is 7.98. The summed E-state index contributed by atoms with van der Waals surface area (Å²) in [5, 5.41) is 2.79. The summed E-state index contributed by atoms with van der Waals surface area (Å²) in [5.74, 6) is 1.01. The summed E-state index contributed by atoms with van der Waals surface area (Å²) >= 11 is 1.75. The van der Waals surface area contributed by atoms with E-state index in [2.05, 4.69) is 12.2 Å². The van der Waals surface area contributed by atoms with Crippen LogP contribution in [0.2, 0.25) is 0 Å². The van der Waals surface area contributed by atoms with Gasteiger partial charge in [0.25, 0.3) is 0 Å². The van der Waals surface area contributed by atoms with E-state index in [1.807, 2.05) is 18.1 Å². The van der Waals surface area contributed by atoms with Gasteiger partial charge in [-0.15, -0.1) is 0 Å². The second-order valence-corrected chi connectivity index (χ2v) is 5.24. The summed E-state index contributed by atoms with van der Waals surface area (Å²) in [4.78, 5) is 25.7. The lowest BCUT2D eigenvalue weighted by Gasteiger charge is -2.31. The fraction of sp³-hybridized carbons (Fsp3) is 0.833. The van der Waals surface area contributed by atoms with Crippen molar-refractivity contribution in [2.24, 2.45) is 0 Å². The smallest absolute Gasteiger partial charge is 0.245 e. The highest BCUT2D eigenvalue weighted by atomic mass is 32.2. The molecule has 0 radical (unpaired) electrons. The summed E-state index contributed by atoms with van der Waals surface area (Å²) in [6, 6.07) is -0.0832. The highest BCUT2D eigenvalue weighted by Gasteiger charge is 2.31. The number of amides is 2. The molecular weight excluding hydrogens is 236 g/mol. The van der Waals surface area contributed by atoms with Crippen molar-refractivity contribution in [3.63, 3.8) is 0 Å². The molecule has 1 fully saturated rings. The first kappa shape index (κ1) is 14.4. The van der Waals surface area contributed by atoms with Gasteiger partial charge < -0.3 is 10.2 Å². The molecule has 1 aliphatic rings. The molecule has 98 valence electrons. The van der Waals surface area contributed by atoms with Crippen molar-refractivity contribution >= 4 is 23.6 Å². The maximum atomic E-state index is 12.3. The van der Waals surface area contributed by atoms with Gasteiger partial charge >= 0.3 is 0 Å². The molecule has 2 unspecified atom stereocenters. The van der Waals surface area contributed by atoms with Gasteiger partial charge in [0.05, 0.1) is 0 Å². The maximum absolute atomic E-state index is 12.3. The van der Waals surface area contributed by atoms with Crippen molar-refractivity contribution in [3.8, 4) is 0 Å². The molecule has 1 rings (SSSR count). The van der Waals surface area contributed by atoms with Crippen molar-refractivity contribution < 1.29 is 9.59 Å². The average Bonchev–Trinajstić information content (AvgIpc) is 2.47. The number of nitrogens with one attached hydrogen (secondary N) is 1. The minimum absolute atomic E-state index is 0.00768. The topological polar surface area (TPSA) is 49.4 Å². The van der Waals surface area contributed by atoms with Gasteiger partial charge in [0.1, 0.15) is 6.04 Å². The van der Waals surface area contributed by atoms with Gasteiger partial charge in [-0.3, -0.25) is 9.59 Å². The number of carbonyl (C=O) groups excluding carboxylic acids is 2. The molecule has 1 aliphatic heterocycles. The van der Waals surface area contributed by atoms with Crippen molar-refractivity contribution in [2.45, 2.75) is 45.2 Å². The van der Waals surface area contributed by atoms with E-state index in [1.165, 1.54) is 0 Å². The molecule has 1 saturated heterocycles. The Bertz CT molecular complexity index is 284. The Labute approximate surface area is 108 Å². The van der Waals surface area contributed by atoms with Gasteiger partial charge in [0, 0.05) is 24.8 Å². The summed E-state index contributed by atoms with van der Waals surface area (Å²) in [6.45, 7) is 4.58. The molecule has 0 spiro atoms. The lowest BCUT2D eigenvalue weighted by Crippen LogP contribution is -2.48. The molecule has 5 heteroatoms. The Morgan fingerprint density at radius 3 is 2.71 bits per heavy atom. The molecule has 2 amide bonds. The first-order valence-electron chi connectivity index (χ1n) is 6.22. The third kappa shape index (κ3) is 3.63. The zero-order valence-corrected chi connectivity index (χ0v) is 11.7. The molecule has 1 N–H and O–H groups in total. The number of hydrogen-bond donors (Lipinski definition) is 1. The second-order valence-electron chi connectivity index (χ2n) is 4.33. The summed E-state index contributed by atoms with van der Waals surface area (Å²) < 4.78 is 0. The predicted octanol–water partition coefficient (Wildman–Crippen LogP) is 1.26. The van der Waals surface area contributed by atoms with Crippen LogP contribution in [0.25, 0.3) is 0 Å². The van der Waals surface area contributed by atoms with E-state index in [0.29, 0.717) is 19.4 Å². The molecule has 1 heterocycles. The zero-order valence-electron chi connectivity index (χ0n) is 10.9. The second kappa shape index (κ2) is 6.89. The predicted molar refractivity (Wildman–Crippen MR) is 71.0 cm³/mol. The zero-order chi connectivity index (χ0) is 12.8. The summed E-state index contributed by atoms with van der Waals surface area (Å²) in [6.07, 6.45) is 4.08. The van der Waals surface area contributed by atoms with E-state index in [4.69, 9.17) is 0 Å². The van der Waals surface area contributed by atoms with Gasteiger partial charge in [0.15, 0.2) is 0 Å². The molecule has 2 atom stereocenters. The fourth-order valence-electron chi connectivity index (χ4n) is 2.12. The first-order chi connectivity index (χ1) is 8.13. The summed E-state index contributed by atoms with van der Waals surface area (Å²) in [5.41, 5.74) is 0. The van der Waals surface area contributed by atoms with Crippen LogP contribution in [0.1, 0.15) is 33.1 Å². The van der Waals surface area contributed by atoms with E-state index in [9.17, 15) is 9.59 Å². The number of thioether (sulfide) groups is 1. The van der Waals surface area contributed by atoms with Gasteiger partial charge in [0.2, 0.25) is 11.8 Å². The molecule has 4 nitrogen and oxygen atoms in total. The van der Waals surface area contributed by atoms with Crippen molar-refractivity contribution in [3.05, 3.63) is 0 Å². The Hall–Kier alpha value is -0.710. The molecule has 0 aromatic rings. The maximum Gasteiger partial charge on any atom is 0.245 e. The average molecular weight is 258 g/mol. The van der Waals surface area contributed by atoms with Crippen LogP contribution < -0.4 is 5.32 Å². The Balaban J connectivity index is 2.81. The molecule has 0 saturated carbocycles. The van der Waals surface area contributed by atoms with E-state index in [1.54, 1.807) is 11.8 Å². The number of nitrogens with zero attached hydrogens (tertiary/aromatic N) is 1. The Morgan fingerprint density at radius 2 is 2.18 bits per heavy atom. The molecular formula is C12H22N2O2S. The largest absolute Gasteiger partial charge is 0.344 e. The van der Waals surface area contributed by atoms with Gasteiger partial charge in [-0.05, 0) is 19.1 Å². The van der Waals surface area contributed by atoms with Crippen LogP contribution in [-0.2, 0) is 9.59 Å². The van der Waals surface area contributed by atoms with E-state index in [0.717, 1.165) is 12.2 Å². The van der Waals surface area contributed by atoms with Crippen molar-refractivity contribution in [2.75, 3.05) is 18.6 Å². The summed E-state index contributed by atoms with van der Waals surface area (Å²) in [7, 11) is 0.